The lowest BCUT2D eigenvalue weighted by molar-refractivity contribution is 0.926. The van der Waals surface area contributed by atoms with Gasteiger partial charge in [-0.15, -0.1) is 0 Å². The summed E-state index contributed by atoms with van der Waals surface area (Å²) < 4.78 is 0. The molecule has 0 N–H and O–H groups in total. The second kappa shape index (κ2) is 7.45. The molecule has 88 valence electrons. The topological polar surface area (TPSA) is 12.4 Å². The van der Waals surface area contributed by atoms with E-state index in [0.717, 1.165) is 42.8 Å². The molecular weight excluding hydrogens is 218 g/mol. The number of rotatable bonds is 5. The summed E-state index contributed by atoms with van der Waals surface area (Å²) in [6.45, 7) is 4.24. The zero-order chi connectivity index (χ0) is 11.8. The summed E-state index contributed by atoms with van der Waals surface area (Å²) >= 11 is 6.18. The average Bonchev–Trinajstić information content (AvgIpc) is 2.34. The van der Waals surface area contributed by atoms with Crippen molar-refractivity contribution in [3.63, 3.8) is 0 Å². The molecule has 2 heteroatoms. The number of nitrogens with zero attached hydrogens (tertiary/aromatic N) is 1. The lowest BCUT2D eigenvalue weighted by Gasteiger charge is -2.04. The Morgan fingerprint density at radius 2 is 2.25 bits per heavy atom. The predicted octanol–water partition coefficient (Wildman–Crippen LogP) is 4.99. The van der Waals surface area contributed by atoms with Gasteiger partial charge in [-0.25, -0.2) is 0 Å². The van der Waals surface area contributed by atoms with E-state index in [-0.39, 0.29) is 0 Å². The Morgan fingerprint density at radius 1 is 1.44 bits per heavy atom. The Kier molecular flexibility index (Phi) is 6.17. The SMILES string of the molecule is CCC/C(C=NC1=CCCC=C1)=C(/Cl)CC. The van der Waals surface area contributed by atoms with Crippen LogP contribution < -0.4 is 0 Å². The molecule has 0 amide bonds. The fourth-order valence-electron chi connectivity index (χ4n) is 1.61. The van der Waals surface area contributed by atoms with E-state index in [1.807, 2.05) is 6.21 Å². The molecule has 1 nitrogen and oxygen atoms in total. The third kappa shape index (κ3) is 4.36. The van der Waals surface area contributed by atoms with Gasteiger partial charge < -0.3 is 0 Å². The zero-order valence-electron chi connectivity index (χ0n) is 10.2. The van der Waals surface area contributed by atoms with Crippen LogP contribution in [0.1, 0.15) is 46.0 Å². The van der Waals surface area contributed by atoms with E-state index in [0.29, 0.717) is 0 Å². The predicted molar refractivity (Wildman–Crippen MR) is 73.0 cm³/mol. The van der Waals surface area contributed by atoms with E-state index in [9.17, 15) is 0 Å². The van der Waals surface area contributed by atoms with Crippen molar-refractivity contribution < 1.29 is 0 Å². The minimum absolute atomic E-state index is 0.887. The molecular formula is C14H20ClN. The summed E-state index contributed by atoms with van der Waals surface area (Å²) in [5, 5.41) is 0.936. The van der Waals surface area contributed by atoms with Crippen molar-refractivity contribution in [1.82, 2.24) is 0 Å². The summed E-state index contributed by atoms with van der Waals surface area (Å²) in [6.07, 6.45) is 13.6. The van der Waals surface area contributed by atoms with E-state index < -0.39 is 0 Å². The average molecular weight is 238 g/mol. The van der Waals surface area contributed by atoms with Crippen LogP contribution in [0.3, 0.4) is 0 Å². The molecule has 0 fully saturated rings. The first-order valence-corrected chi connectivity index (χ1v) is 6.44. The van der Waals surface area contributed by atoms with Gasteiger partial charge in [0.15, 0.2) is 0 Å². The number of allylic oxidation sites excluding steroid dienone is 5. The molecule has 0 atom stereocenters. The monoisotopic (exact) mass is 237 g/mol. The van der Waals surface area contributed by atoms with Crippen molar-refractivity contribution in [2.45, 2.75) is 46.0 Å². The van der Waals surface area contributed by atoms with Crippen LogP contribution >= 0.6 is 11.6 Å². The molecule has 0 saturated heterocycles. The summed E-state index contributed by atoms with van der Waals surface area (Å²) in [7, 11) is 0. The van der Waals surface area contributed by atoms with Gasteiger partial charge in [0, 0.05) is 11.2 Å². The van der Waals surface area contributed by atoms with Crippen molar-refractivity contribution >= 4 is 17.8 Å². The van der Waals surface area contributed by atoms with Gasteiger partial charge in [-0.3, -0.25) is 4.99 Å². The molecule has 0 heterocycles. The maximum Gasteiger partial charge on any atom is 0.0586 e. The van der Waals surface area contributed by atoms with Crippen molar-refractivity contribution in [1.29, 1.82) is 0 Å². The van der Waals surface area contributed by atoms with Crippen molar-refractivity contribution in [2.24, 2.45) is 4.99 Å². The molecule has 1 aliphatic carbocycles. The Morgan fingerprint density at radius 3 is 2.81 bits per heavy atom. The van der Waals surface area contributed by atoms with E-state index >= 15 is 0 Å². The molecule has 0 bridgehead atoms. The number of hydrogen-bond donors (Lipinski definition) is 0. The van der Waals surface area contributed by atoms with Crippen molar-refractivity contribution in [3.8, 4) is 0 Å². The first-order chi connectivity index (χ1) is 7.77. The first kappa shape index (κ1) is 13.2. The van der Waals surface area contributed by atoms with Crippen LogP contribution in [0.15, 0.2) is 39.5 Å². The van der Waals surface area contributed by atoms with Gasteiger partial charge >= 0.3 is 0 Å². The van der Waals surface area contributed by atoms with E-state index in [1.165, 1.54) is 5.57 Å². The summed E-state index contributed by atoms with van der Waals surface area (Å²) in [5.41, 5.74) is 2.23. The minimum atomic E-state index is 0.887. The number of aliphatic imine (C=N–C) groups is 1. The van der Waals surface area contributed by atoms with Crippen LogP contribution in [0.4, 0.5) is 0 Å². The first-order valence-electron chi connectivity index (χ1n) is 6.06. The Labute approximate surface area is 104 Å². The molecule has 1 rings (SSSR count). The van der Waals surface area contributed by atoms with Gasteiger partial charge in [-0.05, 0) is 37.3 Å². The maximum absolute atomic E-state index is 6.18. The highest BCUT2D eigenvalue weighted by Crippen LogP contribution is 2.18. The summed E-state index contributed by atoms with van der Waals surface area (Å²) in [6, 6.07) is 0. The third-order valence-corrected chi connectivity index (χ3v) is 3.03. The van der Waals surface area contributed by atoms with Crippen molar-refractivity contribution in [3.05, 3.63) is 34.5 Å². The van der Waals surface area contributed by atoms with Crippen LogP contribution in [0.5, 0.6) is 0 Å². The second-order valence-corrected chi connectivity index (χ2v) is 4.36. The normalized spacial score (nSPS) is 17.6. The molecule has 0 aliphatic heterocycles. The zero-order valence-corrected chi connectivity index (χ0v) is 10.9. The lowest BCUT2D eigenvalue weighted by Crippen LogP contribution is -1.90. The van der Waals surface area contributed by atoms with Gasteiger partial charge in [0.25, 0.3) is 0 Å². The molecule has 1 aliphatic rings. The molecule has 0 radical (unpaired) electrons. The molecule has 16 heavy (non-hydrogen) atoms. The highest BCUT2D eigenvalue weighted by molar-refractivity contribution is 6.31. The fourth-order valence-corrected chi connectivity index (χ4v) is 1.76. The van der Waals surface area contributed by atoms with E-state index in [2.05, 4.69) is 37.1 Å². The standard InChI is InChI=1S/C14H20ClN/c1-3-8-12(14(15)4-2)11-16-13-9-6-5-7-10-13/h6,9-11H,3-5,7-8H2,1-2H3/b14-12-,16-11?. The third-order valence-electron chi connectivity index (χ3n) is 2.52. The van der Waals surface area contributed by atoms with Crippen LogP contribution in [-0.4, -0.2) is 6.21 Å². The van der Waals surface area contributed by atoms with Gasteiger partial charge in [-0.1, -0.05) is 44.0 Å². The highest BCUT2D eigenvalue weighted by Gasteiger charge is 2.00. The van der Waals surface area contributed by atoms with Gasteiger partial charge in [-0.2, -0.15) is 0 Å². The largest absolute Gasteiger partial charge is 0.257 e. The molecule has 0 aromatic carbocycles. The van der Waals surface area contributed by atoms with Crippen LogP contribution in [0.25, 0.3) is 0 Å². The Hall–Kier alpha value is -0.820. The summed E-state index contributed by atoms with van der Waals surface area (Å²) in [5.74, 6) is 0. The highest BCUT2D eigenvalue weighted by atomic mass is 35.5. The molecule has 0 spiro atoms. The minimum Gasteiger partial charge on any atom is -0.257 e. The van der Waals surface area contributed by atoms with Gasteiger partial charge in [0.05, 0.1) is 5.70 Å². The Bertz CT molecular complexity index is 335. The van der Waals surface area contributed by atoms with Crippen molar-refractivity contribution in [2.75, 3.05) is 0 Å². The molecule has 0 aromatic heterocycles. The van der Waals surface area contributed by atoms with Crippen LogP contribution in [-0.2, 0) is 0 Å². The molecule has 0 unspecified atom stereocenters. The molecule has 0 aromatic rings. The maximum atomic E-state index is 6.18. The van der Waals surface area contributed by atoms with Crippen LogP contribution in [0.2, 0.25) is 0 Å². The summed E-state index contributed by atoms with van der Waals surface area (Å²) in [4.78, 5) is 4.48. The quantitative estimate of drug-likeness (QED) is 0.597. The smallest absolute Gasteiger partial charge is 0.0586 e. The van der Waals surface area contributed by atoms with Crippen LogP contribution in [0, 0.1) is 0 Å². The number of hydrogen-bond acceptors (Lipinski definition) is 1. The molecule has 0 saturated carbocycles. The van der Waals surface area contributed by atoms with Gasteiger partial charge in [0.2, 0.25) is 0 Å². The lowest BCUT2D eigenvalue weighted by atomic mass is 10.1. The van der Waals surface area contributed by atoms with Gasteiger partial charge in [0.1, 0.15) is 0 Å². The Balaban J connectivity index is 2.71. The number of halogens is 1. The van der Waals surface area contributed by atoms with E-state index in [1.54, 1.807) is 0 Å². The van der Waals surface area contributed by atoms with E-state index in [4.69, 9.17) is 11.6 Å². The fraction of sp³-hybridized carbons (Fsp3) is 0.500. The second-order valence-electron chi connectivity index (χ2n) is 3.90.